The van der Waals surface area contributed by atoms with Crippen molar-refractivity contribution in [3.63, 3.8) is 0 Å². The summed E-state index contributed by atoms with van der Waals surface area (Å²) in [5, 5.41) is 10.4. The lowest BCUT2D eigenvalue weighted by Gasteiger charge is -2.37. The summed E-state index contributed by atoms with van der Waals surface area (Å²) in [5.41, 5.74) is -0.762. The van der Waals surface area contributed by atoms with Gasteiger partial charge in [0.25, 0.3) is 0 Å². The first kappa shape index (κ1) is 14.2. The molecule has 2 fully saturated rings. The molecule has 1 amide bonds. The van der Waals surface area contributed by atoms with E-state index in [0.717, 1.165) is 18.6 Å². The molecule has 0 aromatic rings. The third-order valence-electron chi connectivity index (χ3n) is 3.97. The molecule has 2 heterocycles. The quantitative estimate of drug-likeness (QED) is 0.841. The van der Waals surface area contributed by atoms with Crippen molar-refractivity contribution in [3.8, 4) is 0 Å². The minimum atomic E-state index is -0.762. The molecule has 2 aliphatic heterocycles. The van der Waals surface area contributed by atoms with Crippen LogP contribution in [0.15, 0.2) is 0 Å². The first-order chi connectivity index (χ1) is 8.45. The highest BCUT2D eigenvalue weighted by Gasteiger charge is 2.41. The Kier molecular flexibility index (Phi) is 4.24. The monoisotopic (exact) mass is 273 g/mol. The van der Waals surface area contributed by atoms with E-state index >= 15 is 0 Å². The Labute approximate surface area is 113 Å². The summed E-state index contributed by atoms with van der Waals surface area (Å²) in [6.07, 6.45) is 3.30. The molecule has 1 N–H and O–H groups in total. The summed E-state index contributed by atoms with van der Waals surface area (Å²) in [6, 6.07) is 0. The maximum atomic E-state index is 12.4. The number of hydrogen-bond donors (Lipinski definition) is 1. The van der Waals surface area contributed by atoms with Crippen molar-refractivity contribution in [1.82, 2.24) is 4.90 Å². The first-order valence-electron chi connectivity index (χ1n) is 6.65. The Balaban J connectivity index is 1.94. The second kappa shape index (κ2) is 5.39. The number of likely N-dealkylation sites (N-methyl/N-ethyl adjacent to an activating group) is 1. The summed E-state index contributed by atoms with van der Waals surface area (Å²) >= 11 is 1.74. The molecule has 0 spiro atoms. The zero-order valence-corrected chi connectivity index (χ0v) is 12.1. The van der Waals surface area contributed by atoms with Crippen molar-refractivity contribution in [2.45, 2.75) is 43.0 Å². The van der Waals surface area contributed by atoms with Crippen LogP contribution in [0.3, 0.4) is 0 Å². The van der Waals surface area contributed by atoms with Crippen LogP contribution in [0.1, 0.15) is 32.6 Å². The van der Waals surface area contributed by atoms with E-state index in [1.165, 1.54) is 0 Å². The van der Waals surface area contributed by atoms with Crippen molar-refractivity contribution < 1.29 is 14.6 Å². The molecule has 0 saturated carbocycles. The van der Waals surface area contributed by atoms with E-state index in [-0.39, 0.29) is 10.7 Å². The average molecular weight is 273 g/mol. The maximum Gasteiger partial charge on any atom is 0.238 e. The molecule has 0 aliphatic carbocycles. The van der Waals surface area contributed by atoms with Crippen molar-refractivity contribution in [2.24, 2.45) is 0 Å². The van der Waals surface area contributed by atoms with Gasteiger partial charge in [0, 0.05) is 39.6 Å². The molecule has 2 rings (SSSR count). The lowest BCUT2D eigenvalue weighted by atomic mass is 9.93. The summed E-state index contributed by atoms with van der Waals surface area (Å²) in [4.78, 5) is 14.2. The fourth-order valence-electron chi connectivity index (χ4n) is 2.77. The first-order valence-corrected chi connectivity index (χ1v) is 7.63. The zero-order valence-electron chi connectivity index (χ0n) is 11.3. The van der Waals surface area contributed by atoms with Gasteiger partial charge >= 0.3 is 0 Å². The number of nitrogens with zero attached hydrogens (tertiary/aromatic N) is 1. The second-order valence-electron chi connectivity index (χ2n) is 5.68. The number of aliphatic hydroxyl groups is 1. The predicted molar refractivity (Wildman–Crippen MR) is 72.7 cm³/mol. The van der Waals surface area contributed by atoms with Crippen molar-refractivity contribution in [3.05, 3.63) is 0 Å². The van der Waals surface area contributed by atoms with Gasteiger partial charge in [0.15, 0.2) is 0 Å². The molecule has 0 radical (unpaired) electrons. The molecule has 0 aromatic carbocycles. The minimum Gasteiger partial charge on any atom is -0.388 e. The lowest BCUT2D eigenvalue weighted by Crippen LogP contribution is -2.51. The molecule has 1 unspecified atom stereocenters. The molecule has 0 bridgehead atoms. The Hall–Kier alpha value is -0.260. The van der Waals surface area contributed by atoms with E-state index in [4.69, 9.17) is 4.74 Å². The number of amides is 1. The van der Waals surface area contributed by atoms with Gasteiger partial charge in [0.1, 0.15) is 0 Å². The van der Waals surface area contributed by atoms with Crippen LogP contribution in [0.4, 0.5) is 0 Å². The van der Waals surface area contributed by atoms with E-state index in [1.54, 1.807) is 23.7 Å². The highest BCUT2D eigenvalue weighted by atomic mass is 32.2. The van der Waals surface area contributed by atoms with Gasteiger partial charge in [-0.25, -0.2) is 0 Å². The molecular formula is C13H23NO3S. The highest BCUT2D eigenvalue weighted by molar-refractivity contribution is 8.01. The number of carbonyl (C=O) groups excluding carboxylic acids is 1. The second-order valence-corrected chi connectivity index (χ2v) is 7.28. The topological polar surface area (TPSA) is 49.8 Å². The highest BCUT2D eigenvalue weighted by Crippen LogP contribution is 2.39. The summed E-state index contributed by atoms with van der Waals surface area (Å²) in [6.45, 7) is 3.62. The standard InChI is InChI=1S/C13H23NO3S/c1-12(4-3-9-18-12)11(15)14(2)10-13(16)5-7-17-8-6-13/h16H,3-10H2,1-2H3. The van der Waals surface area contributed by atoms with Crippen molar-refractivity contribution >= 4 is 17.7 Å². The zero-order chi connectivity index (χ0) is 13.2. The van der Waals surface area contributed by atoms with E-state index in [2.05, 4.69) is 0 Å². The lowest BCUT2D eigenvalue weighted by molar-refractivity contribution is -0.138. The van der Waals surface area contributed by atoms with Crippen LogP contribution in [0.2, 0.25) is 0 Å². The summed E-state index contributed by atoms with van der Waals surface area (Å²) in [7, 11) is 1.81. The van der Waals surface area contributed by atoms with Crippen LogP contribution in [0.5, 0.6) is 0 Å². The van der Waals surface area contributed by atoms with Gasteiger partial charge < -0.3 is 14.7 Å². The van der Waals surface area contributed by atoms with Crippen LogP contribution < -0.4 is 0 Å². The van der Waals surface area contributed by atoms with Crippen LogP contribution in [-0.2, 0) is 9.53 Å². The minimum absolute atomic E-state index is 0.157. The molecule has 2 aliphatic rings. The number of ether oxygens (including phenoxy) is 1. The Bertz CT molecular complexity index is 309. The molecule has 104 valence electrons. The maximum absolute atomic E-state index is 12.4. The van der Waals surface area contributed by atoms with Gasteiger partial charge in [0.2, 0.25) is 5.91 Å². The van der Waals surface area contributed by atoms with Gasteiger partial charge in [-0.2, -0.15) is 0 Å². The third-order valence-corrected chi connectivity index (χ3v) is 5.48. The van der Waals surface area contributed by atoms with E-state index in [9.17, 15) is 9.90 Å². The molecule has 18 heavy (non-hydrogen) atoms. The Morgan fingerprint density at radius 1 is 1.39 bits per heavy atom. The van der Waals surface area contributed by atoms with Crippen LogP contribution in [0.25, 0.3) is 0 Å². The molecular weight excluding hydrogens is 250 g/mol. The van der Waals surface area contributed by atoms with Crippen LogP contribution in [0, 0.1) is 0 Å². The molecule has 5 heteroatoms. The predicted octanol–water partition coefficient (Wildman–Crippen LogP) is 1.27. The van der Waals surface area contributed by atoms with Gasteiger partial charge in [-0.3, -0.25) is 4.79 Å². The van der Waals surface area contributed by atoms with Gasteiger partial charge in [0.05, 0.1) is 10.3 Å². The van der Waals surface area contributed by atoms with Crippen molar-refractivity contribution in [2.75, 3.05) is 32.6 Å². The van der Waals surface area contributed by atoms with Gasteiger partial charge in [-0.1, -0.05) is 0 Å². The number of thioether (sulfide) groups is 1. The van der Waals surface area contributed by atoms with Gasteiger partial charge in [-0.05, 0) is 25.5 Å². The number of carbonyl (C=O) groups is 1. The van der Waals surface area contributed by atoms with Crippen molar-refractivity contribution in [1.29, 1.82) is 0 Å². The van der Waals surface area contributed by atoms with Crippen LogP contribution in [-0.4, -0.2) is 58.8 Å². The van der Waals surface area contributed by atoms with E-state index in [1.807, 2.05) is 6.92 Å². The largest absolute Gasteiger partial charge is 0.388 e. The fourth-order valence-corrected chi connectivity index (χ4v) is 4.08. The molecule has 2 saturated heterocycles. The fraction of sp³-hybridized carbons (Fsp3) is 0.923. The summed E-state index contributed by atoms with van der Waals surface area (Å²) < 4.78 is 4.98. The smallest absolute Gasteiger partial charge is 0.238 e. The van der Waals surface area contributed by atoms with Crippen LogP contribution >= 0.6 is 11.8 Å². The normalized spacial score (nSPS) is 31.3. The molecule has 0 aromatic heterocycles. The number of hydrogen-bond acceptors (Lipinski definition) is 4. The molecule has 1 atom stereocenters. The van der Waals surface area contributed by atoms with E-state index in [0.29, 0.717) is 32.6 Å². The SMILES string of the molecule is CN(CC1(O)CCOCC1)C(=O)C1(C)CCCS1. The number of rotatable bonds is 3. The Morgan fingerprint density at radius 3 is 2.61 bits per heavy atom. The summed E-state index contributed by atoms with van der Waals surface area (Å²) in [5.74, 6) is 1.22. The molecule has 4 nitrogen and oxygen atoms in total. The average Bonchev–Trinajstić information content (AvgIpc) is 2.77. The Morgan fingerprint density at radius 2 is 2.06 bits per heavy atom. The van der Waals surface area contributed by atoms with E-state index < -0.39 is 5.60 Å². The van der Waals surface area contributed by atoms with Gasteiger partial charge in [-0.15, -0.1) is 11.8 Å². The third kappa shape index (κ3) is 3.00.